The van der Waals surface area contributed by atoms with E-state index in [2.05, 4.69) is 0 Å². The predicted octanol–water partition coefficient (Wildman–Crippen LogP) is 0.649. The molecule has 2 nitrogen and oxygen atoms in total. The van der Waals surface area contributed by atoms with Gasteiger partial charge in [-0.1, -0.05) is 0 Å². The van der Waals surface area contributed by atoms with Gasteiger partial charge in [0, 0.05) is 6.54 Å². The van der Waals surface area contributed by atoms with E-state index in [0.717, 1.165) is 0 Å². The lowest BCUT2D eigenvalue weighted by atomic mass is 9.99. The Hall–Kier alpha value is -0.290. The minimum absolute atomic E-state index is 0.00880. The molecule has 1 aliphatic rings. The van der Waals surface area contributed by atoms with Gasteiger partial charge in [0.15, 0.2) is 0 Å². The molecule has 0 radical (unpaired) electrons. The van der Waals surface area contributed by atoms with Crippen molar-refractivity contribution in [3.8, 4) is 0 Å². The summed E-state index contributed by atoms with van der Waals surface area (Å²) in [4.78, 5) is 0. The van der Waals surface area contributed by atoms with E-state index in [-0.39, 0.29) is 19.4 Å². The van der Waals surface area contributed by atoms with Crippen LogP contribution in [0.25, 0.3) is 0 Å². The van der Waals surface area contributed by atoms with Gasteiger partial charge in [-0.2, -0.15) is 13.2 Å². The highest BCUT2D eigenvalue weighted by Gasteiger charge is 2.66. The van der Waals surface area contributed by atoms with Gasteiger partial charge in [0.1, 0.15) is 0 Å². The van der Waals surface area contributed by atoms with Crippen molar-refractivity contribution in [2.75, 3.05) is 6.54 Å². The number of hydrogen-bond acceptors (Lipinski definition) is 2. The fraction of sp³-hybridized carbons (Fsp3) is 1.00. The molecule has 1 saturated carbocycles. The zero-order chi connectivity index (χ0) is 8.70. The van der Waals surface area contributed by atoms with Crippen LogP contribution >= 0.6 is 0 Å². The van der Waals surface area contributed by atoms with Crippen LogP contribution in [0.15, 0.2) is 0 Å². The lowest BCUT2D eigenvalue weighted by molar-refractivity contribution is -0.212. The molecule has 0 aromatic carbocycles. The quantitative estimate of drug-likeness (QED) is 0.637. The standard InChI is InChI=1S/C6H10F3NO/c7-6(8,9)5(1-2-5)4(11)3-10/h4,11H,1-3,10H2. The van der Waals surface area contributed by atoms with Crippen LogP contribution in [0.4, 0.5) is 13.2 Å². The van der Waals surface area contributed by atoms with Crippen LogP contribution in [-0.2, 0) is 0 Å². The summed E-state index contributed by atoms with van der Waals surface area (Å²) in [7, 11) is 0. The Morgan fingerprint density at radius 3 is 2.00 bits per heavy atom. The summed E-state index contributed by atoms with van der Waals surface area (Å²) in [5.41, 5.74) is 3.07. The van der Waals surface area contributed by atoms with E-state index in [0.29, 0.717) is 0 Å². The maximum Gasteiger partial charge on any atom is 0.397 e. The van der Waals surface area contributed by atoms with Gasteiger partial charge in [0.05, 0.1) is 11.5 Å². The Labute approximate surface area is 62.2 Å². The number of rotatable bonds is 2. The van der Waals surface area contributed by atoms with Gasteiger partial charge >= 0.3 is 6.18 Å². The molecule has 11 heavy (non-hydrogen) atoms. The Bertz CT molecular complexity index is 152. The maximum atomic E-state index is 12.1. The van der Waals surface area contributed by atoms with Crippen LogP contribution in [-0.4, -0.2) is 23.9 Å². The molecule has 0 saturated heterocycles. The van der Waals surface area contributed by atoms with Crippen LogP contribution in [0.2, 0.25) is 0 Å². The summed E-state index contributed by atoms with van der Waals surface area (Å²) < 4.78 is 36.4. The molecule has 0 aromatic heterocycles. The Morgan fingerprint density at radius 1 is 1.45 bits per heavy atom. The van der Waals surface area contributed by atoms with E-state index < -0.39 is 17.7 Å². The Kier molecular flexibility index (Phi) is 1.88. The highest BCUT2D eigenvalue weighted by molar-refractivity contribution is 5.04. The molecular weight excluding hydrogens is 159 g/mol. The second kappa shape index (κ2) is 2.35. The van der Waals surface area contributed by atoms with Gasteiger partial charge in [-0.05, 0) is 12.8 Å². The van der Waals surface area contributed by atoms with Crippen LogP contribution in [0.1, 0.15) is 12.8 Å². The van der Waals surface area contributed by atoms with E-state index >= 15 is 0 Å². The first-order valence-corrected chi connectivity index (χ1v) is 3.39. The van der Waals surface area contributed by atoms with Crippen molar-refractivity contribution >= 4 is 0 Å². The third kappa shape index (κ3) is 1.22. The van der Waals surface area contributed by atoms with Crippen molar-refractivity contribution in [3.05, 3.63) is 0 Å². The van der Waals surface area contributed by atoms with E-state index in [1.807, 2.05) is 0 Å². The average Bonchev–Trinajstić information content (AvgIpc) is 2.63. The fourth-order valence-electron chi connectivity index (χ4n) is 1.17. The number of aliphatic hydroxyl groups excluding tert-OH is 1. The highest BCUT2D eigenvalue weighted by Crippen LogP contribution is 2.59. The molecule has 0 bridgehead atoms. The van der Waals surface area contributed by atoms with Crippen molar-refractivity contribution in [2.24, 2.45) is 11.1 Å². The number of alkyl halides is 3. The molecule has 0 spiro atoms. The van der Waals surface area contributed by atoms with Gasteiger partial charge in [-0.25, -0.2) is 0 Å². The molecule has 5 heteroatoms. The number of nitrogens with two attached hydrogens (primary N) is 1. The number of hydrogen-bond donors (Lipinski definition) is 2. The van der Waals surface area contributed by atoms with Gasteiger partial charge in [0.25, 0.3) is 0 Å². The molecule has 1 aliphatic carbocycles. The largest absolute Gasteiger partial charge is 0.397 e. The van der Waals surface area contributed by atoms with Crippen LogP contribution < -0.4 is 5.73 Å². The Morgan fingerprint density at radius 2 is 1.91 bits per heavy atom. The van der Waals surface area contributed by atoms with Crippen molar-refractivity contribution in [2.45, 2.75) is 25.1 Å². The van der Waals surface area contributed by atoms with Crippen molar-refractivity contribution in [1.29, 1.82) is 0 Å². The summed E-state index contributed by atoms with van der Waals surface area (Å²) in [6.07, 6.45) is -5.71. The summed E-state index contributed by atoms with van der Waals surface area (Å²) in [5, 5.41) is 8.94. The second-order valence-electron chi connectivity index (χ2n) is 2.91. The topological polar surface area (TPSA) is 46.2 Å². The van der Waals surface area contributed by atoms with Gasteiger partial charge in [0.2, 0.25) is 0 Å². The van der Waals surface area contributed by atoms with Gasteiger partial charge < -0.3 is 10.8 Å². The molecule has 0 aliphatic heterocycles. The zero-order valence-electron chi connectivity index (χ0n) is 5.86. The minimum atomic E-state index is -4.30. The molecule has 3 N–H and O–H groups in total. The molecule has 66 valence electrons. The average molecular weight is 169 g/mol. The molecule has 1 fully saturated rings. The first-order valence-electron chi connectivity index (χ1n) is 3.39. The smallest absolute Gasteiger partial charge is 0.391 e. The van der Waals surface area contributed by atoms with E-state index in [4.69, 9.17) is 10.8 Å². The second-order valence-corrected chi connectivity index (χ2v) is 2.91. The third-order valence-electron chi connectivity index (χ3n) is 2.21. The first kappa shape index (κ1) is 8.80. The van der Waals surface area contributed by atoms with Crippen molar-refractivity contribution in [3.63, 3.8) is 0 Å². The van der Waals surface area contributed by atoms with Crippen LogP contribution in [0.5, 0.6) is 0 Å². The number of aliphatic hydroxyl groups is 1. The molecule has 0 heterocycles. The third-order valence-corrected chi connectivity index (χ3v) is 2.21. The Balaban J connectivity index is 2.68. The van der Waals surface area contributed by atoms with Crippen molar-refractivity contribution < 1.29 is 18.3 Å². The van der Waals surface area contributed by atoms with E-state index in [1.165, 1.54) is 0 Å². The molecule has 0 amide bonds. The SMILES string of the molecule is NCC(O)C1(C(F)(F)F)CC1. The molecular formula is C6H10F3NO. The van der Waals surface area contributed by atoms with Crippen LogP contribution in [0.3, 0.4) is 0 Å². The summed E-state index contributed by atoms with van der Waals surface area (Å²) in [6, 6.07) is 0. The minimum Gasteiger partial charge on any atom is -0.391 e. The molecule has 1 unspecified atom stereocenters. The summed E-state index contributed by atoms with van der Waals surface area (Å²) in [6.45, 7) is -0.320. The lowest BCUT2D eigenvalue weighted by Gasteiger charge is -2.23. The maximum absolute atomic E-state index is 12.1. The monoisotopic (exact) mass is 169 g/mol. The zero-order valence-corrected chi connectivity index (χ0v) is 5.86. The first-order chi connectivity index (χ1) is 4.94. The summed E-state index contributed by atoms with van der Waals surface area (Å²) >= 11 is 0. The normalized spacial score (nSPS) is 24.8. The summed E-state index contributed by atoms with van der Waals surface area (Å²) in [5.74, 6) is 0. The van der Waals surface area contributed by atoms with Gasteiger partial charge in [-0.3, -0.25) is 0 Å². The van der Waals surface area contributed by atoms with Crippen LogP contribution in [0, 0.1) is 5.41 Å². The fourth-order valence-corrected chi connectivity index (χ4v) is 1.17. The molecule has 0 aromatic rings. The van der Waals surface area contributed by atoms with E-state index in [1.54, 1.807) is 0 Å². The molecule has 1 rings (SSSR count). The predicted molar refractivity (Wildman–Crippen MR) is 32.8 cm³/mol. The van der Waals surface area contributed by atoms with Crippen molar-refractivity contribution in [1.82, 2.24) is 0 Å². The number of halogens is 3. The molecule has 1 atom stereocenters. The highest BCUT2D eigenvalue weighted by atomic mass is 19.4. The lowest BCUT2D eigenvalue weighted by Crippen LogP contribution is -2.40. The van der Waals surface area contributed by atoms with Gasteiger partial charge in [-0.15, -0.1) is 0 Å². The van der Waals surface area contributed by atoms with E-state index in [9.17, 15) is 13.2 Å².